The summed E-state index contributed by atoms with van der Waals surface area (Å²) in [7, 11) is -8.55. The summed E-state index contributed by atoms with van der Waals surface area (Å²) < 4.78 is 66.9. The fraction of sp³-hybridized carbons (Fsp3) is 1.00. The molecule has 0 fully saturated rings. The quantitative estimate of drug-likeness (QED) is 0.0830. The summed E-state index contributed by atoms with van der Waals surface area (Å²) in [5, 5.41) is 0. The fourth-order valence-electron chi connectivity index (χ4n) is 5.23. The van der Waals surface area contributed by atoms with E-state index in [0.717, 1.165) is 49.4 Å². The molecule has 11 heteroatoms. The van der Waals surface area contributed by atoms with Crippen LogP contribution in [0, 0.1) is 35.5 Å². The van der Waals surface area contributed by atoms with E-state index in [1.165, 1.54) is 64.2 Å². The largest absolute Gasteiger partial charge is 1.00 e. The van der Waals surface area contributed by atoms with E-state index < -0.39 is 20.5 Å². The van der Waals surface area contributed by atoms with Gasteiger partial charge in [0, 0.05) is 5.75 Å². The molecule has 0 saturated heterocycles. The van der Waals surface area contributed by atoms with Crippen LogP contribution in [0.5, 0.6) is 0 Å². The first kappa shape index (κ1) is 51.6. The van der Waals surface area contributed by atoms with Gasteiger partial charge in [0.2, 0.25) is 10.4 Å². The molecule has 7 nitrogen and oxygen atoms in total. The maximum Gasteiger partial charge on any atom is 1.00 e. The SMILES string of the molecule is CC(C)CCCC(C)CCCC(C)CCCS(=O)(=O)[O-].CCC(CCCC(C)CCCC(C)C)CCOS(=O)(=O)[O-].[Na+].[Na+]. The van der Waals surface area contributed by atoms with Crippen molar-refractivity contribution in [1.29, 1.82) is 0 Å². The summed E-state index contributed by atoms with van der Waals surface area (Å²) in [6.45, 7) is 18.0. The Morgan fingerprint density at radius 3 is 1.21 bits per heavy atom. The molecule has 43 heavy (non-hydrogen) atoms. The minimum absolute atomic E-state index is 0. The van der Waals surface area contributed by atoms with Gasteiger partial charge in [0.1, 0.15) is 0 Å². The number of hydrogen-bond donors (Lipinski definition) is 0. The third-order valence-electron chi connectivity index (χ3n) is 8.08. The molecule has 4 atom stereocenters. The predicted molar refractivity (Wildman–Crippen MR) is 170 cm³/mol. The van der Waals surface area contributed by atoms with Gasteiger partial charge in [-0.2, -0.15) is 0 Å². The average Bonchev–Trinajstić information content (AvgIpc) is 2.81. The summed E-state index contributed by atoms with van der Waals surface area (Å²) in [5.41, 5.74) is 0. The van der Waals surface area contributed by atoms with Crippen LogP contribution in [0.2, 0.25) is 0 Å². The maximum atomic E-state index is 10.5. The van der Waals surface area contributed by atoms with Crippen molar-refractivity contribution in [3.8, 4) is 0 Å². The van der Waals surface area contributed by atoms with E-state index in [1.807, 2.05) is 0 Å². The Kier molecular flexibility index (Phi) is 37.3. The molecule has 0 saturated carbocycles. The van der Waals surface area contributed by atoms with Gasteiger partial charge in [-0.3, -0.25) is 4.18 Å². The second kappa shape index (κ2) is 31.1. The third-order valence-corrected chi connectivity index (χ3v) is 9.33. The molecule has 0 aliphatic rings. The second-order valence-electron chi connectivity index (χ2n) is 13.5. The van der Waals surface area contributed by atoms with E-state index in [9.17, 15) is 25.9 Å². The summed E-state index contributed by atoms with van der Waals surface area (Å²) in [5.74, 6) is 3.93. The van der Waals surface area contributed by atoms with Gasteiger partial charge < -0.3 is 9.11 Å². The summed E-state index contributed by atoms with van der Waals surface area (Å²) >= 11 is 0. The molecule has 0 rings (SSSR count). The number of hydrogen-bond acceptors (Lipinski definition) is 7. The van der Waals surface area contributed by atoms with Gasteiger partial charge in [-0.1, -0.05) is 139 Å². The zero-order valence-electron chi connectivity index (χ0n) is 29.9. The molecule has 0 N–H and O–H groups in total. The molecule has 0 heterocycles. The van der Waals surface area contributed by atoms with E-state index in [2.05, 4.69) is 59.6 Å². The standard InChI is InChI=1S/C16H34O4S.C16H34O3S.2Na/c1-5-16(12-13-20-21(17,18)19)11-7-10-15(4)9-6-8-14(2)3;1-14(2)8-5-9-15(3)10-6-11-16(4)12-7-13-20(17,18)19;;/h14-16H,5-13H2,1-4H3,(H,17,18,19);14-16H,5-13H2,1-4H3,(H,17,18,19);;/q;;2*+1/p-2. The van der Waals surface area contributed by atoms with Crippen LogP contribution in [0.1, 0.15) is 158 Å². The van der Waals surface area contributed by atoms with Crippen molar-refractivity contribution in [2.75, 3.05) is 12.4 Å². The van der Waals surface area contributed by atoms with Crippen LogP contribution in [0.25, 0.3) is 0 Å². The second-order valence-corrected chi connectivity index (χ2v) is 16.1. The Hall–Kier alpha value is 1.78. The van der Waals surface area contributed by atoms with Crippen molar-refractivity contribution in [2.45, 2.75) is 158 Å². The zero-order chi connectivity index (χ0) is 31.9. The van der Waals surface area contributed by atoms with Crippen molar-refractivity contribution in [3.05, 3.63) is 0 Å². The van der Waals surface area contributed by atoms with Crippen LogP contribution >= 0.6 is 0 Å². The Morgan fingerprint density at radius 2 is 0.884 bits per heavy atom. The van der Waals surface area contributed by atoms with Crippen molar-refractivity contribution in [3.63, 3.8) is 0 Å². The molecular weight excluding hydrogens is 606 g/mol. The molecule has 0 bridgehead atoms. The normalized spacial score (nSPS) is 14.7. The third kappa shape index (κ3) is 43.8. The molecule has 4 unspecified atom stereocenters. The maximum absolute atomic E-state index is 10.5. The molecule has 0 aromatic rings. The van der Waals surface area contributed by atoms with E-state index in [1.54, 1.807) is 0 Å². The summed E-state index contributed by atoms with van der Waals surface area (Å²) in [6, 6.07) is 0. The van der Waals surface area contributed by atoms with Crippen LogP contribution in [0.15, 0.2) is 0 Å². The molecule has 0 amide bonds. The van der Waals surface area contributed by atoms with Gasteiger partial charge in [0.25, 0.3) is 0 Å². The minimum atomic E-state index is -4.53. The van der Waals surface area contributed by atoms with Gasteiger partial charge in [0.15, 0.2) is 0 Å². The van der Waals surface area contributed by atoms with Crippen LogP contribution in [0.4, 0.5) is 0 Å². The van der Waals surface area contributed by atoms with Crippen LogP contribution in [0.3, 0.4) is 0 Å². The van der Waals surface area contributed by atoms with Gasteiger partial charge >= 0.3 is 59.1 Å². The van der Waals surface area contributed by atoms with Gasteiger partial charge in [-0.05, 0) is 54.8 Å². The molecule has 0 aromatic carbocycles. The molecule has 0 aliphatic heterocycles. The van der Waals surface area contributed by atoms with Crippen molar-refractivity contribution >= 4 is 20.5 Å². The Labute approximate surface area is 312 Å². The molecule has 0 aliphatic carbocycles. The first-order valence-corrected chi connectivity index (χ1v) is 19.4. The Balaban J connectivity index is -0.000000338. The first-order chi connectivity index (χ1) is 18.9. The first-order valence-electron chi connectivity index (χ1n) is 16.5. The average molecular weight is 673 g/mol. The van der Waals surface area contributed by atoms with Crippen molar-refractivity contribution in [1.82, 2.24) is 0 Å². The Bertz CT molecular complexity index is 807. The van der Waals surface area contributed by atoms with E-state index >= 15 is 0 Å². The van der Waals surface area contributed by atoms with Gasteiger partial charge in [0.05, 0.1) is 16.7 Å². The molecular formula is C32H66Na2O7S2. The van der Waals surface area contributed by atoms with Crippen LogP contribution < -0.4 is 59.1 Å². The van der Waals surface area contributed by atoms with Gasteiger partial charge in [-0.15, -0.1) is 0 Å². The fourth-order valence-corrected chi connectivity index (χ4v) is 6.05. The molecule has 0 spiro atoms. The molecule has 0 aromatic heterocycles. The topological polar surface area (TPSA) is 124 Å². The summed E-state index contributed by atoms with van der Waals surface area (Å²) in [4.78, 5) is 0. The smallest absolute Gasteiger partial charge is 0.748 e. The van der Waals surface area contributed by atoms with E-state index in [0.29, 0.717) is 24.7 Å². The molecule has 250 valence electrons. The monoisotopic (exact) mass is 672 g/mol. The number of rotatable bonds is 25. The van der Waals surface area contributed by atoms with Crippen LogP contribution in [-0.2, 0) is 24.7 Å². The Morgan fingerprint density at radius 1 is 0.535 bits per heavy atom. The molecule has 0 radical (unpaired) electrons. The zero-order valence-corrected chi connectivity index (χ0v) is 35.5. The summed E-state index contributed by atoms with van der Waals surface area (Å²) in [6.07, 6.45) is 18.0. The van der Waals surface area contributed by atoms with Crippen LogP contribution in [-0.4, -0.2) is 38.3 Å². The van der Waals surface area contributed by atoms with Crippen molar-refractivity contribution in [2.24, 2.45) is 35.5 Å². The van der Waals surface area contributed by atoms with E-state index in [4.69, 9.17) is 0 Å². The van der Waals surface area contributed by atoms with Crippen molar-refractivity contribution < 1.29 is 89.2 Å². The predicted octanol–water partition coefficient (Wildman–Crippen LogP) is 3.10. The van der Waals surface area contributed by atoms with Gasteiger partial charge in [-0.25, -0.2) is 16.8 Å². The minimum Gasteiger partial charge on any atom is -0.748 e. The van der Waals surface area contributed by atoms with E-state index in [-0.39, 0.29) is 71.5 Å².